The minimum absolute atomic E-state index is 0.540. The highest BCUT2D eigenvalue weighted by molar-refractivity contribution is 7.99. The Morgan fingerprint density at radius 3 is 2.71 bits per heavy atom. The predicted molar refractivity (Wildman–Crippen MR) is 84.7 cm³/mol. The first-order chi connectivity index (χ1) is 9.97. The number of aryl methyl sites for hydroxylation is 1. The van der Waals surface area contributed by atoms with Gasteiger partial charge in [0, 0.05) is 17.1 Å². The normalized spacial score (nSPS) is 11.9. The molecule has 0 amide bonds. The first-order valence-electron chi connectivity index (χ1n) is 6.26. The summed E-state index contributed by atoms with van der Waals surface area (Å²) in [7, 11) is 0. The molecule has 108 valence electrons. The van der Waals surface area contributed by atoms with Gasteiger partial charge in [0.15, 0.2) is 0 Å². The maximum atomic E-state index is 11.1. The van der Waals surface area contributed by atoms with Gasteiger partial charge in [0.05, 0.1) is 5.52 Å². The molecular formula is C16H15NO3S. The Hall–Kier alpha value is -2.19. The van der Waals surface area contributed by atoms with Crippen LogP contribution >= 0.6 is 11.8 Å². The lowest BCUT2D eigenvalue weighted by molar-refractivity contribution is -0.140. The Kier molecular flexibility index (Phi) is 4.39. The Bertz CT molecular complexity index is 749. The second-order valence-corrected chi connectivity index (χ2v) is 5.49. The summed E-state index contributed by atoms with van der Waals surface area (Å²) in [5, 5.41) is 9.95. The lowest BCUT2D eigenvalue weighted by Gasteiger charge is -2.17. The molecule has 0 saturated carbocycles. The first kappa shape index (κ1) is 15.2. The van der Waals surface area contributed by atoms with Crippen molar-refractivity contribution in [3.05, 3.63) is 35.0 Å². The maximum absolute atomic E-state index is 11.1. The number of pyridine rings is 1. The van der Waals surface area contributed by atoms with Crippen LogP contribution in [-0.2, 0) is 4.79 Å². The van der Waals surface area contributed by atoms with Gasteiger partial charge in [-0.05, 0) is 43.4 Å². The molecule has 0 spiro atoms. The molecule has 1 heterocycles. The van der Waals surface area contributed by atoms with Gasteiger partial charge in [-0.3, -0.25) is 4.98 Å². The molecule has 0 saturated heterocycles. The summed E-state index contributed by atoms with van der Waals surface area (Å²) in [4.78, 5) is 15.5. The van der Waals surface area contributed by atoms with E-state index in [0.29, 0.717) is 11.3 Å². The average Bonchev–Trinajstić information content (AvgIpc) is 2.48. The Morgan fingerprint density at radius 1 is 1.43 bits per heavy atom. The molecule has 2 aromatic rings. The number of carboxylic acids is 1. The SMILES string of the molecule is C#Cc1cnc2c(C)c(C)c(OC(SC)C(=O)O)cc2c1. The monoisotopic (exact) mass is 301 g/mol. The number of fused-ring (bicyclic) bond motifs is 1. The van der Waals surface area contributed by atoms with Crippen molar-refractivity contribution < 1.29 is 14.6 Å². The molecule has 0 fully saturated rings. The number of hydrogen-bond acceptors (Lipinski definition) is 4. The number of aliphatic carboxylic acids is 1. The largest absolute Gasteiger partial charge is 0.478 e. The van der Waals surface area contributed by atoms with Crippen LogP contribution in [0.2, 0.25) is 0 Å². The van der Waals surface area contributed by atoms with E-state index in [4.69, 9.17) is 16.3 Å². The minimum atomic E-state index is -1.00. The number of carbonyl (C=O) groups is 1. The lowest BCUT2D eigenvalue weighted by atomic mass is 10.0. The van der Waals surface area contributed by atoms with E-state index in [1.54, 1.807) is 18.5 Å². The van der Waals surface area contributed by atoms with Crippen LogP contribution in [0.1, 0.15) is 16.7 Å². The fourth-order valence-corrected chi connectivity index (χ4v) is 2.43. The number of aromatic nitrogens is 1. The number of carboxylic acid groups (broad SMARTS) is 1. The van der Waals surface area contributed by atoms with Gasteiger partial charge < -0.3 is 9.84 Å². The molecule has 2 rings (SSSR count). The molecule has 1 unspecified atom stereocenters. The minimum Gasteiger partial charge on any atom is -0.478 e. The van der Waals surface area contributed by atoms with Gasteiger partial charge in [0.25, 0.3) is 0 Å². The van der Waals surface area contributed by atoms with Crippen LogP contribution in [0.3, 0.4) is 0 Å². The molecular weight excluding hydrogens is 286 g/mol. The van der Waals surface area contributed by atoms with E-state index >= 15 is 0 Å². The molecule has 0 aliphatic rings. The van der Waals surface area contributed by atoms with Crippen LogP contribution in [0.5, 0.6) is 5.75 Å². The lowest BCUT2D eigenvalue weighted by Crippen LogP contribution is -2.23. The van der Waals surface area contributed by atoms with Crippen molar-refractivity contribution in [3.8, 4) is 18.1 Å². The summed E-state index contributed by atoms with van der Waals surface area (Å²) in [5.74, 6) is 2.08. The third-order valence-electron chi connectivity index (χ3n) is 3.31. The van der Waals surface area contributed by atoms with Crippen molar-refractivity contribution in [3.63, 3.8) is 0 Å². The van der Waals surface area contributed by atoms with Crippen LogP contribution < -0.4 is 4.74 Å². The molecule has 0 aliphatic carbocycles. The van der Waals surface area contributed by atoms with Gasteiger partial charge >= 0.3 is 5.97 Å². The summed E-state index contributed by atoms with van der Waals surface area (Å²) < 4.78 is 5.60. The van der Waals surface area contributed by atoms with Crippen molar-refractivity contribution in [2.24, 2.45) is 0 Å². The van der Waals surface area contributed by atoms with Gasteiger partial charge in [-0.2, -0.15) is 0 Å². The predicted octanol–water partition coefficient (Wildman–Crippen LogP) is 2.99. The number of hydrogen-bond donors (Lipinski definition) is 1. The Morgan fingerprint density at radius 2 is 2.14 bits per heavy atom. The van der Waals surface area contributed by atoms with Gasteiger partial charge in [0.2, 0.25) is 5.44 Å². The van der Waals surface area contributed by atoms with E-state index in [-0.39, 0.29) is 0 Å². The van der Waals surface area contributed by atoms with E-state index in [2.05, 4.69) is 10.9 Å². The Balaban J connectivity index is 2.56. The molecule has 0 bridgehead atoms. The molecule has 4 nitrogen and oxygen atoms in total. The number of terminal acetylenes is 1. The van der Waals surface area contributed by atoms with E-state index in [1.165, 1.54) is 0 Å². The van der Waals surface area contributed by atoms with Gasteiger partial charge in [-0.1, -0.05) is 5.92 Å². The molecule has 1 atom stereocenters. The highest BCUT2D eigenvalue weighted by atomic mass is 32.2. The highest BCUT2D eigenvalue weighted by Gasteiger charge is 2.20. The zero-order valence-electron chi connectivity index (χ0n) is 12.0. The fourth-order valence-electron chi connectivity index (χ4n) is 2.03. The number of rotatable bonds is 4. The average molecular weight is 301 g/mol. The third kappa shape index (κ3) is 2.96. The molecule has 1 aromatic carbocycles. The summed E-state index contributed by atoms with van der Waals surface area (Å²) in [6.45, 7) is 3.82. The standard InChI is InChI=1S/C16H15NO3S/c1-5-11-6-12-7-13(20-16(21-4)15(18)19)9(2)10(3)14(12)17-8-11/h1,6-8,16H,2-4H3,(H,18,19). The van der Waals surface area contributed by atoms with Crippen molar-refractivity contribution in [1.29, 1.82) is 0 Å². The maximum Gasteiger partial charge on any atom is 0.355 e. The van der Waals surface area contributed by atoms with Gasteiger partial charge in [-0.15, -0.1) is 18.2 Å². The first-order valence-corrected chi connectivity index (χ1v) is 7.55. The Labute approximate surface area is 127 Å². The van der Waals surface area contributed by atoms with E-state index in [9.17, 15) is 4.79 Å². The zero-order valence-corrected chi connectivity index (χ0v) is 12.8. The molecule has 21 heavy (non-hydrogen) atoms. The number of thioether (sulfide) groups is 1. The summed E-state index contributed by atoms with van der Waals surface area (Å²) in [6.07, 6.45) is 8.73. The molecule has 5 heteroatoms. The third-order valence-corrected chi connectivity index (χ3v) is 4.03. The molecule has 0 aliphatic heterocycles. The van der Waals surface area contributed by atoms with Crippen molar-refractivity contribution in [1.82, 2.24) is 4.98 Å². The van der Waals surface area contributed by atoms with Gasteiger partial charge in [0.1, 0.15) is 5.75 Å². The van der Waals surface area contributed by atoms with Crippen LogP contribution in [0.4, 0.5) is 0 Å². The smallest absolute Gasteiger partial charge is 0.355 e. The van der Waals surface area contributed by atoms with Crippen LogP contribution in [-0.4, -0.2) is 27.8 Å². The van der Waals surface area contributed by atoms with Crippen molar-refractivity contribution >= 4 is 28.6 Å². The van der Waals surface area contributed by atoms with Gasteiger partial charge in [-0.25, -0.2) is 4.79 Å². The van der Waals surface area contributed by atoms with Crippen LogP contribution in [0.25, 0.3) is 10.9 Å². The topological polar surface area (TPSA) is 59.4 Å². The van der Waals surface area contributed by atoms with E-state index in [0.717, 1.165) is 33.8 Å². The summed E-state index contributed by atoms with van der Waals surface area (Å²) >= 11 is 1.13. The quantitative estimate of drug-likeness (QED) is 0.695. The molecule has 1 N–H and O–H groups in total. The van der Waals surface area contributed by atoms with E-state index in [1.807, 2.05) is 19.9 Å². The van der Waals surface area contributed by atoms with Crippen molar-refractivity contribution in [2.75, 3.05) is 6.26 Å². The van der Waals surface area contributed by atoms with E-state index < -0.39 is 11.4 Å². The second-order valence-electron chi connectivity index (χ2n) is 4.59. The fraction of sp³-hybridized carbons (Fsp3) is 0.250. The second kappa shape index (κ2) is 6.06. The van der Waals surface area contributed by atoms with Crippen LogP contribution in [0.15, 0.2) is 18.3 Å². The van der Waals surface area contributed by atoms with Crippen LogP contribution in [0, 0.1) is 26.2 Å². The number of benzene rings is 1. The van der Waals surface area contributed by atoms with Crippen molar-refractivity contribution in [2.45, 2.75) is 19.3 Å². The molecule has 1 aromatic heterocycles. The summed E-state index contributed by atoms with van der Waals surface area (Å²) in [6, 6.07) is 3.63. The summed E-state index contributed by atoms with van der Waals surface area (Å²) in [5.41, 5.74) is 2.41. The zero-order chi connectivity index (χ0) is 15.6. The molecule has 0 radical (unpaired) electrons. The number of nitrogens with zero attached hydrogens (tertiary/aromatic N) is 1. The number of ether oxygens (including phenoxy) is 1. The highest BCUT2D eigenvalue weighted by Crippen LogP contribution is 2.31.